The minimum atomic E-state index is -1.49. The van der Waals surface area contributed by atoms with Gasteiger partial charge < -0.3 is 5.73 Å². The zero-order chi connectivity index (χ0) is 13.3. The molecule has 94 valence electrons. The molecule has 1 unspecified atom stereocenters. The van der Waals surface area contributed by atoms with Gasteiger partial charge in [0.25, 0.3) is 0 Å². The van der Waals surface area contributed by atoms with Crippen LogP contribution >= 0.6 is 22.6 Å². The van der Waals surface area contributed by atoms with Gasteiger partial charge in [0.15, 0.2) is 17.5 Å². The van der Waals surface area contributed by atoms with Crippen LogP contribution in [0.5, 0.6) is 0 Å². The van der Waals surface area contributed by atoms with Gasteiger partial charge in [-0.25, -0.2) is 13.2 Å². The second-order valence-corrected chi connectivity index (χ2v) is 5.04. The molecule has 0 amide bonds. The van der Waals surface area contributed by atoms with Gasteiger partial charge in [-0.1, -0.05) is 18.2 Å². The predicted octanol–water partition coefficient (Wildman–Crippen LogP) is 3.76. The van der Waals surface area contributed by atoms with Crippen LogP contribution in [-0.2, 0) is 0 Å². The van der Waals surface area contributed by atoms with Gasteiger partial charge in [0, 0.05) is 9.13 Å². The van der Waals surface area contributed by atoms with Crippen LogP contribution in [0.2, 0.25) is 0 Å². The van der Waals surface area contributed by atoms with Crippen LogP contribution in [0.15, 0.2) is 36.4 Å². The highest BCUT2D eigenvalue weighted by Gasteiger charge is 2.19. The molecule has 0 aromatic heterocycles. The Morgan fingerprint density at radius 1 is 1.00 bits per heavy atom. The number of benzene rings is 2. The molecule has 0 aliphatic heterocycles. The standard InChI is InChI=1S/C13H9F3IN/c14-10-5-4-9(11(15)12(10)16)13(18)7-2-1-3-8(17)6-7/h1-6,13H,18H2. The summed E-state index contributed by atoms with van der Waals surface area (Å²) in [6.45, 7) is 0. The zero-order valence-electron chi connectivity index (χ0n) is 9.13. The van der Waals surface area contributed by atoms with Crippen molar-refractivity contribution >= 4 is 22.6 Å². The Kier molecular flexibility index (Phi) is 3.91. The highest BCUT2D eigenvalue weighted by Crippen LogP contribution is 2.25. The molecule has 2 aromatic carbocycles. The second kappa shape index (κ2) is 5.27. The largest absolute Gasteiger partial charge is 0.320 e. The Morgan fingerprint density at radius 2 is 1.72 bits per heavy atom. The van der Waals surface area contributed by atoms with Crippen molar-refractivity contribution < 1.29 is 13.2 Å². The van der Waals surface area contributed by atoms with E-state index in [1.54, 1.807) is 18.2 Å². The summed E-state index contributed by atoms with van der Waals surface area (Å²) in [5, 5.41) is 0. The quantitative estimate of drug-likeness (QED) is 0.638. The third-order valence-corrected chi connectivity index (χ3v) is 3.28. The molecule has 0 aliphatic rings. The van der Waals surface area contributed by atoms with Gasteiger partial charge in [0.2, 0.25) is 0 Å². The van der Waals surface area contributed by atoms with Crippen LogP contribution in [0.3, 0.4) is 0 Å². The van der Waals surface area contributed by atoms with Gasteiger partial charge in [-0.2, -0.15) is 0 Å². The minimum absolute atomic E-state index is 0.0594. The summed E-state index contributed by atoms with van der Waals surface area (Å²) in [4.78, 5) is 0. The lowest BCUT2D eigenvalue weighted by Crippen LogP contribution is -2.15. The van der Waals surface area contributed by atoms with Crippen molar-refractivity contribution in [3.05, 3.63) is 68.5 Å². The Balaban J connectivity index is 2.46. The van der Waals surface area contributed by atoms with E-state index < -0.39 is 23.5 Å². The van der Waals surface area contributed by atoms with E-state index in [4.69, 9.17) is 5.73 Å². The maximum Gasteiger partial charge on any atom is 0.194 e. The highest BCUT2D eigenvalue weighted by atomic mass is 127. The van der Waals surface area contributed by atoms with Crippen LogP contribution in [0, 0.1) is 21.0 Å². The molecule has 1 atom stereocenters. The van der Waals surface area contributed by atoms with Gasteiger partial charge in [0.05, 0.1) is 6.04 Å². The Bertz CT molecular complexity index is 586. The third-order valence-electron chi connectivity index (χ3n) is 2.61. The molecule has 0 aliphatic carbocycles. The maximum absolute atomic E-state index is 13.6. The van der Waals surface area contributed by atoms with Crippen molar-refractivity contribution in [1.82, 2.24) is 0 Å². The lowest BCUT2D eigenvalue weighted by atomic mass is 9.99. The van der Waals surface area contributed by atoms with Crippen LogP contribution in [0.1, 0.15) is 17.2 Å². The molecule has 2 aromatic rings. The molecule has 0 fully saturated rings. The van der Waals surface area contributed by atoms with E-state index in [9.17, 15) is 13.2 Å². The van der Waals surface area contributed by atoms with Crippen LogP contribution in [-0.4, -0.2) is 0 Å². The average molecular weight is 363 g/mol. The first-order valence-corrected chi connectivity index (χ1v) is 6.23. The van der Waals surface area contributed by atoms with Crippen molar-refractivity contribution in [3.63, 3.8) is 0 Å². The lowest BCUT2D eigenvalue weighted by Gasteiger charge is -2.14. The van der Waals surface area contributed by atoms with Gasteiger partial charge in [-0.15, -0.1) is 0 Å². The van der Waals surface area contributed by atoms with E-state index in [-0.39, 0.29) is 5.56 Å². The molecule has 0 bridgehead atoms. The van der Waals surface area contributed by atoms with Crippen LogP contribution in [0.4, 0.5) is 13.2 Å². The summed E-state index contributed by atoms with van der Waals surface area (Å²) in [6.07, 6.45) is 0. The molecule has 2 rings (SSSR count). The smallest absolute Gasteiger partial charge is 0.194 e. The monoisotopic (exact) mass is 363 g/mol. The van der Waals surface area contributed by atoms with Crippen LogP contribution in [0.25, 0.3) is 0 Å². The molecular formula is C13H9F3IN. The molecule has 1 nitrogen and oxygen atoms in total. The topological polar surface area (TPSA) is 26.0 Å². The van der Waals surface area contributed by atoms with Gasteiger partial charge >= 0.3 is 0 Å². The van der Waals surface area contributed by atoms with Gasteiger partial charge in [-0.05, 0) is 46.4 Å². The first kappa shape index (κ1) is 13.4. The van der Waals surface area contributed by atoms with E-state index >= 15 is 0 Å². The van der Waals surface area contributed by atoms with E-state index in [1.807, 2.05) is 6.07 Å². The molecule has 0 saturated carbocycles. The zero-order valence-corrected chi connectivity index (χ0v) is 11.3. The number of nitrogens with two attached hydrogens (primary N) is 1. The Labute approximate surface area is 116 Å². The van der Waals surface area contributed by atoms with E-state index in [1.165, 1.54) is 0 Å². The average Bonchev–Trinajstić information content (AvgIpc) is 2.35. The fourth-order valence-corrected chi connectivity index (χ4v) is 2.23. The van der Waals surface area contributed by atoms with Crippen molar-refractivity contribution in [2.24, 2.45) is 5.73 Å². The molecule has 5 heteroatoms. The van der Waals surface area contributed by atoms with Gasteiger partial charge in [0.1, 0.15) is 0 Å². The normalized spacial score (nSPS) is 12.5. The summed E-state index contributed by atoms with van der Waals surface area (Å²) in [5.74, 6) is -3.94. The first-order valence-electron chi connectivity index (χ1n) is 5.15. The van der Waals surface area contributed by atoms with Crippen molar-refractivity contribution in [2.75, 3.05) is 0 Å². The highest BCUT2D eigenvalue weighted by molar-refractivity contribution is 14.1. The van der Waals surface area contributed by atoms with E-state index in [2.05, 4.69) is 22.6 Å². The SMILES string of the molecule is NC(c1cccc(I)c1)c1ccc(F)c(F)c1F. The number of hydrogen-bond acceptors (Lipinski definition) is 1. The van der Waals surface area contributed by atoms with Crippen LogP contribution < -0.4 is 5.73 Å². The second-order valence-electron chi connectivity index (χ2n) is 3.80. The summed E-state index contributed by atoms with van der Waals surface area (Å²) in [5.41, 5.74) is 6.46. The molecule has 18 heavy (non-hydrogen) atoms. The van der Waals surface area contributed by atoms with Crippen molar-refractivity contribution in [1.29, 1.82) is 0 Å². The summed E-state index contributed by atoms with van der Waals surface area (Å²) in [6, 6.07) is 8.33. The fraction of sp³-hybridized carbons (Fsp3) is 0.0769. The van der Waals surface area contributed by atoms with Crippen molar-refractivity contribution in [2.45, 2.75) is 6.04 Å². The molecule has 0 heterocycles. The number of halogens is 4. The third kappa shape index (κ3) is 2.51. The lowest BCUT2D eigenvalue weighted by molar-refractivity contribution is 0.438. The molecule has 0 saturated heterocycles. The summed E-state index contributed by atoms with van der Waals surface area (Å²) in [7, 11) is 0. The first-order chi connectivity index (χ1) is 8.50. The predicted molar refractivity (Wildman–Crippen MR) is 71.5 cm³/mol. The van der Waals surface area contributed by atoms with E-state index in [0.717, 1.165) is 15.7 Å². The molecule has 0 spiro atoms. The number of rotatable bonds is 2. The minimum Gasteiger partial charge on any atom is -0.320 e. The Morgan fingerprint density at radius 3 is 2.39 bits per heavy atom. The molecule has 0 radical (unpaired) electrons. The van der Waals surface area contributed by atoms with E-state index in [0.29, 0.717) is 5.56 Å². The van der Waals surface area contributed by atoms with Gasteiger partial charge in [-0.3, -0.25) is 0 Å². The van der Waals surface area contributed by atoms with Crippen molar-refractivity contribution in [3.8, 4) is 0 Å². The summed E-state index contributed by atoms with van der Waals surface area (Å²) >= 11 is 2.10. The Hall–Kier alpha value is -1.08. The summed E-state index contributed by atoms with van der Waals surface area (Å²) < 4.78 is 40.5. The molecular weight excluding hydrogens is 354 g/mol. The maximum atomic E-state index is 13.6. The number of hydrogen-bond donors (Lipinski definition) is 1. The fourth-order valence-electron chi connectivity index (χ4n) is 1.66. The molecule has 2 N–H and O–H groups in total.